The van der Waals surface area contributed by atoms with E-state index in [0.717, 1.165) is 0 Å². The molecule has 0 aromatic rings. The Labute approximate surface area is 177 Å². The lowest BCUT2D eigenvalue weighted by Gasteiger charge is -2.42. The standard InChI is InChI=1S/C12H9F15O6S/c1-2-4(13)6(14,15)7(16,17)8(18,19)9(20,21)10(22,23)11(24,25)12(26,27)33-5(28)3-32-34(29,30)31/h4H,2-3H2,1H3,(H,29,30,31). The van der Waals surface area contributed by atoms with E-state index in [1.54, 1.807) is 0 Å². The summed E-state index contributed by atoms with van der Waals surface area (Å²) in [5.74, 6) is -51.4. The summed E-state index contributed by atoms with van der Waals surface area (Å²) in [6, 6.07) is 0. The van der Waals surface area contributed by atoms with Crippen molar-refractivity contribution < 1.29 is 92.5 Å². The van der Waals surface area contributed by atoms with Crippen LogP contribution in [0.5, 0.6) is 0 Å². The Morgan fingerprint density at radius 2 is 1.12 bits per heavy atom. The Balaban J connectivity index is 6.41. The largest absolute Gasteiger partial charge is 0.473 e. The first kappa shape index (κ1) is 32.3. The zero-order valence-corrected chi connectivity index (χ0v) is 16.4. The molecule has 0 spiro atoms. The van der Waals surface area contributed by atoms with Crippen molar-refractivity contribution in [3.8, 4) is 0 Å². The smallest absolute Gasteiger partial charge is 0.394 e. The highest BCUT2D eigenvalue weighted by molar-refractivity contribution is 7.80. The summed E-state index contributed by atoms with van der Waals surface area (Å²) in [5, 5.41) is 0. The van der Waals surface area contributed by atoms with Crippen LogP contribution in [0.2, 0.25) is 0 Å². The van der Waals surface area contributed by atoms with Crippen LogP contribution in [-0.4, -0.2) is 73.4 Å². The number of carbonyl (C=O) groups excluding carboxylic acids is 1. The Kier molecular flexibility index (Phi) is 8.60. The second kappa shape index (κ2) is 9.06. The number of ether oxygens (including phenoxy) is 1. The van der Waals surface area contributed by atoms with Crippen molar-refractivity contribution in [3.63, 3.8) is 0 Å². The molecule has 0 bridgehead atoms. The van der Waals surface area contributed by atoms with Gasteiger partial charge >= 0.3 is 58.0 Å². The van der Waals surface area contributed by atoms with Gasteiger partial charge in [-0.05, 0) is 6.42 Å². The highest BCUT2D eigenvalue weighted by Gasteiger charge is 2.94. The van der Waals surface area contributed by atoms with Crippen LogP contribution < -0.4 is 0 Å². The van der Waals surface area contributed by atoms with Crippen molar-refractivity contribution in [2.75, 3.05) is 6.61 Å². The summed E-state index contributed by atoms with van der Waals surface area (Å²) in [6.07, 6.45) is -13.6. The lowest BCUT2D eigenvalue weighted by atomic mass is 9.89. The molecule has 0 saturated carbocycles. The monoisotopic (exact) mass is 566 g/mol. The van der Waals surface area contributed by atoms with E-state index in [0.29, 0.717) is 0 Å². The molecule has 0 saturated heterocycles. The zero-order chi connectivity index (χ0) is 28.0. The highest BCUT2D eigenvalue weighted by atomic mass is 32.3. The first-order valence-electron chi connectivity index (χ1n) is 7.71. The third-order valence-corrected chi connectivity index (χ3v) is 4.10. The summed E-state index contributed by atoms with van der Waals surface area (Å²) in [6.45, 7) is -2.27. The van der Waals surface area contributed by atoms with E-state index in [1.165, 1.54) is 0 Å². The van der Waals surface area contributed by atoms with Gasteiger partial charge in [-0.25, -0.2) is 13.4 Å². The fourth-order valence-electron chi connectivity index (χ4n) is 1.80. The molecule has 0 rings (SSSR count). The molecule has 0 heterocycles. The molecule has 1 atom stereocenters. The van der Waals surface area contributed by atoms with E-state index in [1.807, 2.05) is 0 Å². The average molecular weight is 566 g/mol. The molecule has 0 amide bonds. The van der Waals surface area contributed by atoms with Crippen molar-refractivity contribution in [2.45, 2.75) is 61.2 Å². The molecule has 0 aromatic carbocycles. The molecule has 34 heavy (non-hydrogen) atoms. The van der Waals surface area contributed by atoms with Gasteiger partial charge in [-0.2, -0.15) is 69.9 Å². The van der Waals surface area contributed by atoms with Crippen LogP contribution in [0.4, 0.5) is 65.9 Å². The summed E-state index contributed by atoms with van der Waals surface area (Å²) in [5.41, 5.74) is 0. The van der Waals surface area contributed by atoms with E-state index >= 15 is 0 Å². The van der Waals surface area contributed by atoms with Crippen LogP contribution in [0.1, 0.15) is 13.3 Å². The van der Waals surface area contributed by atoms with Crippen molar-refractivity contribution in [2.24, 2.45) is 0 Å². The average Bonchev–Trinajstić information content (AvgIpc) is 2.63. The number of carbonyl (C=O) groups is 1. The minimum absolute atomic E-state index is 0.258. The van der Waals surface area contributed by atoms with E-state index in [2.05, 4.69) is 8.92 Å². The van der Waals surface area contributed by atoms with Crippen LogP contribution in [0.3, 0.4) is 0 Å². The molecule has 6 nitrogen and oxygen atoms in total. The van der Waals surface area contributed by atoms with E-state index in [9.17, 15) is 79.1 Å². The molecule has 0 radical (unpaired) electrons. The third kappa shape index (κ3) is 5.11. The molecule has 1 N–H and O–H groups in total. The maximum Gasteiger partial charge on any atom is 0.473 e. The SMILES string of the molecule is CCC(F)C(F)(F)C(F)(F)C(F)(F)C(F)(F)C(F)(F)C(F)(F)C(F)(F)OC(=O)COS(=O)(=O)O. The quantitative estimate of drug-likeness (QED) is 0.213. The fraction of sp³-hybridized carbons (Fsp3) is 0.917. The third-order valence-electron chi connectivity index (χ3n) is 3.68. The molecule has 204 valence electrons. The van der Waals surface area contributed by atoms with Crippen LogP contribution in [0, 0.1) is 0 Å². The van der Waals surface area contributed by atoms with Gasteiger partial charge in [-0.1, -0.05) is 6.92 Å². The van der Waals surface area contributed by atoms with E-state index in [-0.39, 0.29) is 6.92 Å². The van der Waals surface area contributed by atoms with Gasteiger partial charge < -0.3 is 4.74 Å². The Hall–Kier alpha value is -1.71. The molecule has 22 heteroatoms. The molecule has 0 aliphatic rings. The number of halogens is 15. The first-order chi connectivity index (χ1) is 14.6. The first-order valence-corrected chi connectivity index (χ1v) is 9.07. The lowest BCUT2D eigenvalue weighted by molar-refractivity contribution is -0.462. The van der Waals surface area contributed by atoms with Crippen LogP contribution in [-0.2, 0) is 24.1 Å². The normalized spacial score (nSPS) is 16.4. The second-order valence-electron chi connectivity index (χ2n) is 6.05. The van der Waals surface area contributed by atoms with Gasteiger partial charge in [-0.3, -0.25) is 4.55 Å². The van der Waals surface area contributed by atoms with Gasteiger partial charge in [0, 0.05) is 0 Å². The predicted octanol–water partition coefficient (Wildman–Crippen LogP) is 4.50. The number of esters is 1. The molecule has 0 aromatic heterocycles. The number of hydrogen-bond donors (Lipinski definition) is 1. The Morgan fingerprint density at radius 1 is 0.765 bits per heavy atom. The molecule has 1 unspecified atom stereocenters. The van der Waals surface area contributed by atoms with Gasteiger partial charge in [0.15, 0.2) is 12.8 Å². The maximum absolute atomic E-state index is 13.5. The molecule has 0 fully saturated rings. The van der Waals surface area contributed by atoms with Crippen molar-refractivity contribution in [3.05, 3.63) is 0 Å². The molecular weight excluding hydrogens is 557 g/mol. The summed E-state index contributed by atoms with van der Waals surface area (Å²) in [7, 11) is -5.71. The Morgan fingerprint density at radius 3 is 1.47 bits per heavy atom. The molecule has 0 aliphatic carbocycles. The number of hydrogen-bond acceptors (Lipinski definition) is 5. The molecular formula is C12H9F15O6S. The summed E-state index contributed by atoms with van der Waals surface area (Å²) in [4.78, 5) is 10.7. The van der Waals surface area contributed by atoms with Crippen LogP contribution in [0.15, 0.2) is 0 Å². The summed E-state index contributed by atoms with van der Waals surface area (Å²) >= 11 is 0. The minimum atomic E-state index is -8.52. The van der Waals surface area contributed by atoms with E-state index < -0.39 is 77.2 Å². The Bertz CT molecular complexity index is 856. The lowest BCUT2D eigenvalue weighted by Crippen LogP contribution is -2.74. The fourth-order valence-corrected chi connectivity index (χ4v) is 2.04. The van der Waals surface area contributed by atoms with Crippen molar-refractivity contribution in [1.82, 2.24) is 0 Å². The van der Waals surface area contributed by atoms with Crippen LogP contribution in [0.25, 0.3) is 0 Å². The van der Waals surface area contributed by atoms with Gasteiger partial charge in [0.05, 0.1) is 0 Å². The predicted molar refractivity (Wildman–Crippen MR) is 73.4 cm³/mol. The van der Waals surface area contributed by atoms with Gasteiger partial charge in [0.25, 0.3) is 0 Å². The van der Waals surface area contributed by atoms with Crippen molar-refractivity contribution in [1.29, 1.82) is 0 Å². The summed E-state index contributed by atoms with van der Waals surface area (Å²) < 4.78 is 234. The topological polar surface area (TPSA) is 89.9 Å². The van der Waals surface area contributed by atoms with E-state index in [4.69, 9.17) is 4.55 Å². The minimum Gasteiger partial charge on any atom is -0.394 e. The number of rotatable bonds is 12. The van der Waals surface area contributed by atoms with Gasteiger partial charge in [0.2, 0.25) is 0 Å². The number of alkyl halides is 15. The zero-order valence-electron chi connectivity index (χ0n) is 15.6. The van der Waals surface area contributed by atoms with Gasteiger partial charge in [0.1, 0.15) is 0 Å². The van der Waals surface area contributed by atoms with Crippen molar-refractivity contribution >= 4 is 16.4 Å². The highest BCUT2D eigenvalue weighted by Crippen LogP contribution is 2.62. The second-order valence-corrected chi connectivity index (χ2v) is 7.14. The van der Waals surface area contributed by atoms with Gasteiger partial charge in [-0.15, -0.1) is 0 Å². The molecule has 0 aliphatic heterocycles. The maximum atomic E-state index is 13.5. The van der Waals surface area contributed by atoms with Crippen LogP contribution >= 0.6 is 0 Å².